The molecule has 2 aromatic carbocycles. The summed E-state index contributed by atoms with van der Waals surface area (Å²) in [6.45, 7) is 8.36. The van der Waals surface area contributed by atoms with E-state index >= 15 is 0 Å². The highest BCUT2D eigenvalue weighted by molar-refractivity contribution is 5.99. The Morgan fingerprint density at radius 3 is 2.17 bits per heavy atom. The van der Waals surface area contributed by atoms with Crippen LogP contribution in [0, 0.1) is 6.92 Å². The summed E-state index contributed by atoms with van der Waals surface area (Å²) in [5, 5.41) is 8.14. The van der Waals surface area contributed by atoms with E-state index in [1.807, 2.05) is 12.1 Å². The Hall–Kier alpha value is -3.15. The maximum Gasteiger partial charge on any atom is 0.251 e. The first-order chi connectivity index (χ1) is 13.6. The fourth-order valence-corrected chi connectivity index (χ4v) is 2.88. The Bertz CT molecular complexity index is 897. The summed E-state index contributed by atoms with van der Waals surface area (Å²) in [6.07, 6.45) is 0.134. The number of benzene rings is 2. The molecule has 2 aromatic rings. The molecule has 0 bridgehead atoms. The third kappa shape index (κ3) is 5.91. The van der Waals surface area contributed by atoms with Crippen molar-refractivity contribution in [1.29, 1.82) is 0 Å². The molecular formula is C23H29N3O3. The highest BCUT2D eigenvalue weighted by Crippen LogP contribution is 2.22. The number of carbonyl (C=O) groups is 3. The lowest BCUT2D eigenvalue weighted by atomic mass is 9.87. The van der Waals surface area contributed by atoms with E-state index in [0.29, 0.717) is 22.4 Å². The van der Waals surface area contributed by atoms with E-state index in [4.69, 9.17) is 0 Å². The van der Waals surface area contributed by atoms with Gasteiger partial charge in [0.2, 0.25) is 5.91 Å². The standard InChI is InChI=1S/C23H29N3O3/c1-15-18(22(29)24-5)7-6-8-19(15)26-20(27)13-14-25-21(28)16-9-11-17(12-10-16)23(2,3)4/h6-12H,13-14H2,1-5H3,(H,24,29)(H,25,28)(H,26,27). The van der Waals surface area contributed by atoms with E-state index in [1.165, 1.54) is 0 Å². The van der Waals surface area contributed by atoms with Crippen molar-refractivity contribution in [3.05, 3.63) is 64.7 Å². The van der Waals surface area contributed by atoms with Gasteiger partial charge in [0.15, 0.2) is 0 Å². The van der Waals surface area contributed by atoms with E-state index in [9.17, 15) is 14.4 Å². The molecule has 2 rings (SSSR count). The summed E-state index contributed by atoms with van der Waals surface area (Å²) in [5.74, 6) is -0.648. The van der Waals surface area contributed by atoms with Crippen LogP contribution in [0.3, 0.4) is 0 Å². The maximum absolute atomic E-state index is 12.3. The van der Waals surface area contributed by atoms with E-state index in [0.717, 1.165) is 5.56 Å². The highest BCUT2D eigenvalue weighted by Gasteiger charge is 2.15. The fourth-order valence-electron chi connectivity index (χ4n) is 2.88. The van der Waals surface area contributed by atoms with E-state index in [1.54, 1.807) is 44.3 Å². The van der Waals surface area contributed by atoms with E-state index in [-0.39, 0.29) is 36.1 Å². The van der Waals surface area contributed by atoms with Crippen molar-refractivity contribution >= 4 is 23.4 Å². The zero-order valence-corrected chi connectivity index (χ0v) is 17.7. The van der Waals surface area contributed by atoms with Crippen molar-refractivity contribution in [2.24, 2.45) is 0 Å². The molecule has 3 amide bonds. The summed E-state index contributed by atoms with van der Waals surface area (Å²) in [4.78, 5) is 36.3. The first kappa shape index (κ1) is 22.1. The topological polar surface area (TPSA) is 87.3 Å². The number of hydrogen-bond acceptors (Lipinski definition) is 3. The molecule has 0 saturated heterocycles. The smallest absolute Gasteiger partial charge is 0.251 e. The Morgan fingerprint density at radius 2 is 1.59 bits per heavy atom. The van der Waals surface area contributed by atoms with Gasteiger partial charge in [0, 0.05) is 36.8 Å². The van der Waals surface area contributed by atoms with Crippen molar-refractivity contribution in [2.75, 3.05) is 18.9 Å². The van der Waals surface area contributed by atoms with Gasteiger partial charge in [-0.2, -0.15) is 0 Å². The van der Waals surface area contributed by atoms with Crippen LogP contribution < -0.4 is 16.0 Å². The van der Waals surface area contributed by atoms with Crippen LogP contribution in [0.5, 0.6) is 0 Å². The minimum atomic E-state index is -0.231. The first-order valence-corrected chi connectivity index (χ1v) is 9.63. The summed E-state index contributed by atoms with van der Waals surface area (Å²) < 4.78 is 0. The minimum Gasteiger partial charge on any atom is -0.355 e. The Morgan fingerprint density at radius 1 is 0.931 bits per heavy atom. The zero-order valence-electron chi connectivity index (χ0n) is 17.7. The average molecular weight is 396 g/mol. The molecule has 0 aliphatic heterocycles. The second-order valence-electron chi connectivity index (χ2n) is 7.94. The Balaban J connectivity index is 1.89. The lowest BCUT2D eigenvalue weighted by Gasteiger charge is -2.19. The van der Waals surface area contributed by atoms with Crippen LogP contribution in [0.1, 0.15) is 59.0 Å². The van der Waals surface area contributed by atoms with Gasteiger partial charge in [-0.3, -0.25) is 14.4 Å². The molecule has 0 spiro atoms. The molecule has 6 heteroatoms. The van der Waals surface area contributed by atoms with Crippen LogP contribution >= 0.6 is 0 Å². The number of hydrogen-bond donors (Lipinski definition) is 3. The van der Waals surface area contributed by atoms with E-state index in [2.05, 4.69) is 36.7 Å². The summed E-state index contributed by atoms with van der Waals surface area (Å²) in [7, 11) is 1.56. The summed E-state index contributed by atoms with van der Waals surface area (Å²) >= 11 is 0. The number of amides is 3. The Labute approximate surface area is 172 Å². The third-order valence-electron chi connectivity index (χ3n) is 4.73. The van der Waals surface area contributed by atoms with Crippen molar-refractivity contribution in [1.82, 2.24) is 10.6 Å². The summed E-state index contributed by atoms with van der Waals surface area (Å²) in [5.41, 5.74) is 3.54. The predicted octanol–water partition coefficient (Wildman–Crippen LogP) is 3.41. The molecule has 0 aliphatic rings. The predicted molar refractivity (Wildman–Crippen MR) is 115 cm³/mol. The third-order valence-corrected chi connectivity index (χ3v) is 4.73. The Kier molecular flexibility index (Phi) is 7.15. The average Bonchev–Trinajstić information content (AvgIpc) is 2.68. The van der Waals surface area contributed by atoms with Gasteiger partial charge in [-0.05, 0) is 47.7 Å². The van der Waals surface area contributed by atoms with Gasteiger partial charge in [0.25, 0.3) is 11.8 Å². The zero-order chi connectivity index (χ0) is 21.6. The van der Waals surface area contributed by atoms with Crippen LogP contribution in [0.25, 0.3) is 0 Å². The van der Waals surface area contributed by atoms with Crippen LogP contribution in [-0.2, 0) is 10.2 Å². The van der Waals surface area contributed by atoms with Crippen LogP contribution in [0.15, 0.2) is 42.5 Å². The first-order valence-electron chi connectivity index (χ1n) is 9.63. The van der Waals surface area contributed by atoms with Crippen LogP contribution in [0.2, 0.25) is 0 Å². The molecule has 0 aliphatic carbocycles. The number of carbonyl (C=O) groups excluding carboxylic acids is 3. The lowest BCUT2D eigenvalue weighted by molar-refractivity contribution is -0.116. The molecular weight excluding hydrogens is 366 g/mol. The minimum absolute atomic E-state index is 0.0281. The molecule has 0 fully saturated rings. The monoisotopic (exact) mass is 395 g/mol. The van der Waals surface area contributed by atoms with Gasteiger partial charge >= 0.3 is 0 Å². The second-order valence-corrected chi connectivity index (χ2v) is 7.94. The normalized spacial score (nSPS) is 10.9. The molecule has 6 nitrogen and oxygen atoms in total. The van der Waals surface area contributed by atoms with Gasteiger partial charge in [0.05, 0.1) is 0 Å². The number of anilines is 1. The van der Waals surface area contributed by atoms with Gasteiger partial charge < -0.3 is 16.0 Å². The van der Waals surface area contributed by atoms with Crippen LogP contribution in [0.4, 0.5) is 5.69 Å². The molecule has 154 valence electrons. The number of rotatable bonds is 6. The second kappa shape index (κ2) is 9.37. The largest absolute Gasteiger partial charge is 0.355 e. The molecule has 29 heavy (non-hydrogen) atoms. The van der Waals surface area contributed by atoms with Gasteiger partial charge in [-0.1, -0.05) is 39.0 Å². The molecule has 0 radical (unpaired) electrons. The molecule has 0 saturated carbocycles. The van der Waals surface area contributed by atoms with Gasteiger partial charge in [-0.25, -0.2) is 0 Å². The molecule has 0 heterocycles. The van der Waals surface area contributed by atoms with Crippen LogP contribution in [-0.4, -0.2) is 31.3 Å². The van der Waals surface area contributed by atoms with Gasteiger partial charge in [-0.15, -0.1) is 0 Å². The molecule has 0 unspecified atom stereocenters. The fraction of sp³-hybridized carbons (Fsp3) is 0.348. The van der Waals surface area contributed by atoms with Crippen molar-refractivity contribution in [2.45, 2.75) is 39.5 Å². The lowest BCUT2D eigenvalue weighted by Crippen LogP contribution is -2.28. The SMILES string of the molecule is CNC(=O)c1cccc(NC(=O)CCNC(=O)c2ccc(C(C)(C)C)cc2)c1C. The molecule has 0 atom stereocenters. The highest BCUT2D eigenvalue weighted by atomic mass is 16.2. The molecule has 0 aromatic heterocycles. The maximum atomic E-state index is 12.3. The number of nitrogens with one attached hydrogen (secondary N) is 3. The van der Waals surface area contributed by atoms with E-state index < -0.39 is 0 Å². The summed E-state index contributed by atoms with van der Waals surface area (Å²) in [6, 6.07) is 12.7. The molecule has 3 N–H and O–H groups in total. The van der Waals surface area contributed by atoms with Crippen molar-refractivity contribution < 1.29 is 14.4 Å². The van der Waals surface area contributed by atoms with Crippen molar-refractivity contribution in [3.63, 3.8) is 0 Å². The van der Waals surface area contributed by atoms with Crippen molar-refractivity contribution in [3.8, 4) is 0 Å². The van der Waals surface area contributed by atoms with Gasteiger partial charge in [0.1, 0.15) is 0 Å². The quantitative estimate of drug-likeness (QED) is 0.700.